The normalized spacial score (nSPS) is 20.4. The second kappa shape index (κ2) is 3.09. The first-order valence-electron chi connectivity index (χ1n) is 4.17. The summed E-state index contributed by atoms with van der Waals surface area (Å²) in [6.45, 7) is 1.84. The second-order valence-corrected chi connectivity index (χ2v) is 2.97. The minimum atomic E-state index is 0.679. The minimum Gasteiger partial charge on any atom is -0.381 e. The average molecular weight is 151 g/mol. The van der Waals surface area contributed by atoms with Gasteiger partial charge in [-0.3, -0.25) is 0 Å². The molecule has 1 fully saturated rings. The summed E-state index contributed by atoms with van der Waals surface area (Å²) >= 11 is 0. The second-order valence-electron chi connectivity index (χ2n) is 2.97. The van der Waals surface area contributed by atoms with Crippen molar-refractivity contribution in [3.8, 4) is 0 Å². The predicted molar refractivity (Wildman–Crippen MR) is 43.5 cm³/mol. The van der Waals surface area contributed by atoms with Crippen molar-refractivity contribution in [1.82, 2.24) is 4.57 Å². The topological polar surface area (TPSA) is 14.2 Å². The molecule has 0 saturated carbocycles. The fourth-order valence-electron chi connectivity index (χ4n) is 1.57. The summed E-state index contributed by atoms with van der Waals surface area (Å²) in [5, 5.41) is 0. The molecule has 0 spiro atoms. The molecule has 1 aromatic rings. The van der Waals surface area contributed by atoms with E-state index in [9.17, 15) is 0 Å². The molecule has 0 atom stereocenters. The van der Waals surface area contributed by atoms with Crippen molar-refractivity contribution in [3.63, 3.8) is 0 Å². The molecule has 1 aromatic heterocycles. The molecule has 1 saturated heterocycles. The third-order valence-corrected chi connectivity index (χ3v) is 2.24. The number of hydrogen-bond acceptors (Lipinski definition) is 1. The lowest BCUT2D eigenvalue weighted by molar-refractivity contribution is 0.0697. The number of hydrogen-bond donors (Lipinski definition) is 0. The lowest BCUT2D eigenvalue weighted by Crippen LogP contribution is -2.18. The van der Waals surface area contributed by atoms with Crippen LogP contribution in [0.2, 0.25) is 0 Å². The van der Waals surface area contributed by atoms with Crippen LogP contribution in [0.25, 0.3) is 0 Å². The van der Waals surface area contributed by atoms with E-state index in [1.54, 1.807) is 0 Å². The van der Waals surface area contributed by atoms with E-state index < -0.39 is 0 Å². The fraction of sp³-hybridized carbons (Fsp3) is 0.556. The summed E-state index contributed by atoms with van der Waals surface area (Å²) in [6.07, 6.45) is 6.59. The maximum absolute atomic E-state index is 5.28. The van der Waals surface area contributed by atoms with Gasteiger partial charge in [0.25, 0.3) is 0 Å². The lowest BCUT2D eigenvalue weighted by Gasteiger charge is -2.23. The van der Waals surface area contributed by atoms with Crippen LogP contribution in [0, 0.1) is 0 Å². The Hall–Kier alpha value is -0.760. The Bertz CT molecular complexity index is 199. The zero-order valence-electron chi connectivity index (χ0n) is 6.57. The first-order valence-corrected chi connectivity index (χ1v) is 4.17. The molecule has 11 heavy (non-hydrogen) atoms. The fourth-order valence-corrected chi connectivity index (χ4v) is 1.57. The van der Waals surface area contributed by atoms with Gasteiger partial charge in [0, 0.05) is 31.6 Å². The van der Waals surface area contributed by atoms with Gasteiger partial charge in [0.1, 0.15) is 0 Å². The molecule has 0 N–H and O–H groups in total. The van der Waals surface area contributed by atoms with E-state index in [2.05, 4.69) is 29.1 Å². The summed E-state index contributed by atoms with van der Waals surface area (Å²) in [5.41, 5.74) is 0. The summed E-state index contributed by atoms with van der Waals surface area (Å²) < 4.78 is 7.56. The molecule has 1 aliphatic heterocycles. The van der Waals surface area contributed by atoms with Crippen LogP contribution >= 0.6 is 0 Å². The highest BCUT2D eigenvalue weighted by Crippen LogP contribution is 2.19. The van der Waals surface area contributed by atoms with Gasteiger partial charge in [0.05, 0.1) is 0 Å². The lowest BCUT2D eigenvalue weighted by atomic mass is 10.1. The zero-order chi connectivity index (χ0) is 7.52. The Kier molecular flexibility index (Phi) is 1.95. The molecule has 60 valence electrons. The summed E-state index contributed by atoms with van der Waals surface area (Å²) in [4.78, 5) is 0. The van der Waals surface area contributed by atoms with Gasteiger partial charge in [0.2, 0.25) is 0 Å². The summed E-state index contributed by atoms with van der Waals surface area (Å²) in [7, 11) is 0. The Labute approximate surface area is 66.8 Å². The number of nitrogens with zero attached hydrogens (tertiary/aromatic N) is 1. The molecule has 0 aliphatic carbocycles. The van der Waals surface area contributed by atoms with Crippen molar-refractivity contribution in [2.75, 3.05) is 13.2 Å². The molecule has 0 amide bonds. The van der Waals surface area contributed by atoms with Crippen LogP contribution in [-0.2, 0) is 4.74 Å². The molecule has 2 heterocycles. The smallest absolute Gasteiger partial charge is 0.0485 e. The molecule has 2 heteroatoms. The van der Waals surface area contributed by atoms with E-state index in [1.165, 1.54) is 0 Å². The van der Waals surface area contributed by atoms with Crippen LogP contribution in [0.1, 0.15) is 18.9 Å². The van der Waals surface area contributed by atoms with Crippen LogP contribution in [0.5, 0.6) is 0 Å². The molecular weight excluding hydrogens is 138 g/mol. The maximum atomic E-state index is 5.28. The van der Waals surface area contributed by atoms with E-state index >= 15 is 0 Å². The quantitative estimate of drug-likeness (QED) is 0.597. The monoisotopic (exact) mass is 151 g/mol. The van der Waals surface area contributed by atoms with Crippen molar-refractivity contribution in [2.45, 2.75) is 18.9 Å². The third kappa shape index (κ3) is 1.46. The zero-order valence-corrected chi connectivity index (χ0v) is 6.57. The molecule has 0 radical (unpaired) electrons. The van der Waals surface area contributed by atoms with E-state index in [-0.39, 0.29) is 0 Å². The van der Waals surface area contributed by atoms with Crippen LogP contribution in [0.15, 0.2) is 24.5 Å². The van der Waals surface area contributed by atoms with Crippen LogP contribution < -0.4 is 0 Å². The van der Waals surface area contributed by atoms with Crippen molar-refractivity contribution >= 4 is 0 Å². The van der Waals surface area contributed by atoms with Gasteiger partial charge in [-0.15, -0.1) is 0 Å². The highest BCUT2D eigenvalue weighted by molar-refractivity contribution is 4.93. The minimum absolute atomic E-state index is 0.679. The summed E-state index contributed by atoms with van der Waals surface area (Å²) in [6, 6.07) is 4.84. The van der Waals surface area contributed by atoms with Gasteiger partial charge in [-0.25, -0.2) is 0 Å². The van der Waals surface area contributed by atoms with Gasteiger partial charge < -0.3 is 9.30 Å². The number of aromatic nitrogens is 1. The van der Waals surface area contributed by atoms with Gasteiger partial charge >= 0.3 is 0 Å². The first kappa shape index (κ1) is 6.92. The van der Waals surface area contributed by atoms with Crippen molar-refractivity contribution in [1.29, 1.82) is 0 Å². The van der Waals surface area contributed by atoms with Gasteiger partial charge in [-0.1, -0.05) is 0 Å². The Morgan fingerprint density at radius 2 is 1.73 bits per heavy atom. The Morgan fingerprint density at radius 3 is 2.36 bits per heavy atom. The summed E-state index contributed by atoms with van der Waals surface area (Å²) in [5.74, 6) is 0. The SMILES string of the molecule is c1ccn(C2CCOCC2)c1. The Morgan fingerprint density at radius 1 is 1.09 bits per heavy atom. The van der Waals surface area contributed by atoms with Crippen molar-refractivity contribution in [2.24, 2.45) is 0 Å². The Balaban J connectivity index is 2.04. The van der Waals surface area contributed by atoms with Crippen molar-refractivity contribution < 1.29 is 4.74 Å². The highest BCUT2D eigenvalue weighted by atomic mass is 16.5. The maximum Gasteiger partial charge on any atom is 0.0485 e. The standard InChI is InChI=1S/C9H13NO/c1-2-6-10(5-1)9-3-7-11-8-4-9/h1-2,5-6,9H,3-4,7-8H2. The highest BCUT2D eigenvalue weighted by Gasteiger charge is 2.13. The van der Waals surface area contributed by atoms with Gasteiger partial charge in [-0.05, 0) is 25.0 Å². The van der Waals surface area contributed by atoms with E-state index in [1.807, 2.05) is 0 Å². The molecular formula is C9H13NO. The van der Waals surface area contributed by atoms with E-state index in [0.717, 1.165) is 26.1 Å². The van der Waals surface area contributed by atoms with Crippen molar-refractivity contribution in [3.05, 3.63) is 24.5 Å². The van der Waals surface area contributed by atoms with Gasteiger partial charge in [0.15, 0.2) is 0 Å². The molecule has 2 rings (SSSR count). The molecule has 0 bridgehead atoms. The van der Waals surface area contributed by atoms with Gasteiger partial charge in [-0.2, -0.15) is 0 Å². The number of ether oxygens (including phenoxy) is 1. The van der Waals surface area contributed by atoms with Crippen LogP contribution in [0.4, 0.5) is 0 Å². The molecule has 2 nitrogen and oxygen atoms in total. The van der Waals surface area contributed by atoms with Crippen LogP contribution in [0.3, 0.4) is 0 Å². The van der Waals surface area contributed by atoms with E-state index in [4.69, 9.17) is 4.74 Å². The molecule has 1 aliphatic rings. The number of rotatable bonds is 1. The molecule has 0 unspecified atom stereocenters. The van der Waals surface area contributed by atoms with Crippen LogP contribution in [-0.4, -0.2) is 17.8 Å². The largest absolute Gasteiger partial charge is 0.381 e. The predicted octanol–water partition coefficient (Wildman–Crippen LogP) is 1.84. The average Bonchev–Trinajstić information content (AvgIpc) is 2.58. The molecule has 0 aromatic carbocycles. The van der Waals surface area contributed by atoms with E-state index in [0.29, 0.717) is 6.04 Å². The first-order chi connectivity index (χ1) is 5.47. The third-order valence-electron chi connectivity index (χ3n) is 2.24.